The predicted octanol–water partition coefficient (Wildman–Crippen LogP) is 5.38. The Morgan fingerprint density at radius 1 is 1.04 bits per heavy atom. The van der Waals surface area contributed by atoms with Gasteiger partial charge in [-0.2, -0.15) is 11.3 Å². The van der Waals surface area contributed by atoms with Gasteiger partial charge in [0.1, 0.15) is 5.01 Å². The number of thiophene rings is 1. The molecule has 4 aromatic rings. The van der Waals surface area contributed by atoms with Gasteiger partial charge in [-0.3, -0.25) is 9.59 Å². The minimum atomic E-state index is -0.203. The van der Waals surface area contributed by atoms with Crippen LogP contribution in [0.1, 0.15) is 22.3 Å². The van der Waals surface area contributed by atoms with Crippen LogP contribution in [0.5, 0.6) is 0 Å². The minimum Gasteiger partial charge on any atom is -0.302 e. The SMILES string of the molecule is CC(=O)c1sc(NC(=O)Cc2csc(-c3ccsc3)n2)nc1-c1ccccc1. The molecule has 0 saturated carbocycles. The molecule has 0 fully saturated rings. The summed E-state index contributed by atoms with van der Waals surface area (Å²) >= 11 is 4.33. The summed E-state index contributed by atoms with van der Waals surface area (Å²) in [6, 6.07) is 11.5. The molecule has 3 heterocycles. The molecular weight excluding hydrogens is 410 g/mol. The molecule has 0 aliphatic rings. The molecule has 0 aliphatic carbocycles. The fourth-order valence-corrected chi connectivity index (χ4v) is 5.07. The second-order valence-corrected chi connectivity index (χ2v) is 8.64. The van der Waals surface area contributed by atoms with E-state index in [4.69, 9.17) is 0 Å². The number of aromatic nitrogens is 2. The molecule has 1 aromatic carbocycles. The molecule has 5 nitrogen and oxygen atoms in total. The van der Waals surface area contributed by atoms with E-state index in [0.717, 1.165) is 21.8 Å². The lowest BCUT2D eigenvalue weighted by Crippen LogP contribution is -2.14. The summed E-state index contributed by atoms with van der Waals surface area (Å²) in [5, 5.41) is 10.1. The van der Waals surface area contributed by atoms with E-state index in [1.165, 1.54) is 29.6 Å². The first-order chi connectivity index (χ1) is 13.6. The Morgan fingerprint density at radius 3 is 2.57 bits per heavy atom. The first kappa shape index (κ1) is 18.7. The highest BCUT2D eigenvalue weighted by Gasteiger charge is 2.18. The molecule has 140 valence electrons. The monoisotopic (exact) mass is 425 g/mol. The van der Waals surface area contributed by atoms with Gasteiger partial charge in [0.15, 0.2) is 10.9 Å². The van der Waals surface area contributed by atoms with Gasteiger partial charge < -0.3 is 5.32 Å². The van der Waals surface area contributed by atoms with E-state index in [2.05, 4.69) is 15.3 Å². The molecule has 0 unspecified atom stereocenters. The van der Waals surface area contributed by atoms with Crippen LogP contribution in [0.25, 0.3) is 21.8 Å². The summed E-state index contributed by atoms with van der Waals surface area (Å²) in [4.78, 5) is 34.0. The summed E-state index contributed by atoms with van der Waals surface area (Å²) in [7, 11) is 0. The highest BCUT2D eigenvalue weighted by atomic mass is 32.1. The zero-order valence-electron chi connectivity index (χ0n) is 14.8. The number of ketones is 1. The van der Waals surface area contributed by atoms with Gasteiger partial charge in [-0.1, -0.05) is 41.7 Å². The van der Waals surface area contributed by atoms with Gasteiger partial charge in [0.25, 0.3) is 0 Å². The van der Waals surface area contributed by atoms with Crippen molar-refractivity contribution in [3.05, 3.63) is 63.1 Å². The number of hydrogen-bond donors (Lipinski definition) is 1. The van der Waals surface area contributed by atoms with Crippen molar-refractivity contribution in [3.63, 3.8) is 0 Å². The van der Waals surface area contributed by atoms with Crippen LogP contribution in [0.3, 0.4) is 0 Å². The van der Waals surface area contributed by atoms with Crippen LogP contribution in [0.2, 0.25) is 0 Å². The molecule has 0 saturated heterocycles. The van der Waals surface area contributed by atoms with Gasteiger partial charge in [0, 0.05) is 28.8 Å². The topological polar surface area (TPSA) is 72.0 Å². The normalized spacial score (nSPS) is 10.8. The maximum absolute atomic E-state index is 12.4. The second-order valence-electron chi connectivity index (χ2n) is 6.00. The number of hydrogen-bond acceptors (Lipinski definition) is 7. The fraction of sp³-hybridized carbons (Fsp3) is 0.100. The summed E-state index contributed by atoms with van der Waals surface area (Å²) in [6.45, 7) is 1.51. The molecule has 8 heteroatoms. The first-order valence-electron chi connectivity index (χ1n) is 8.44. The van der Waals surface area contributed by atoms with Crippen LogP contribution >= 0.6 is 34.0 Å². The number of thiazole rings is 2. The number of Topliss-reactive ketones (excluding diaryl/α,β-unsaturated/α-hetero) is 1. The van der Waals surface area contributed by atoms with E-state index in [9.17, 15) is 9.59 Å². The molecule has 0 spiro atoms. The van der Waals surface area contributed by atoms with Gasteiger partial charge in [0.05, 0.1) is 22.7 Å². The third-order valence-electron chi connectivity index (χ3n) is 3.90. The maximum Gasteiger partial charge on any atom is 0.232 e. The lowest BCUT2D eigenvalue weighted by Gasteiger charge is -1.99. The fourth-order valence-electron chi connectivity index (χ4n) is 2.64. The van der Waals surface area contributed by atoms with Crippen molar-refractivity contribution in [2.24, 2.45) is 0 Å². The minimum absolute atomic E-state index is 0.0724. The molecule has 0 bridgehead atoms. The molecule has 1 amide bonds. The van der Waals surface area contributed by atoms with Crippen LogP contribution in [0.15, 0.2) is 52.5 Å². The highest BCUT2D eigenvalue weighted by Crippen LogP contribution is 2.31. The van der Waals surface area contributed by atoms with Crippen LogP contribution in [0.4, 0.5) is 5.13 Å². The Balaban J connectivity index is 1.50. The number of anilines is 1. The smallest absolute Gasteiger partial charge is 0.232 e. The number of amides is 1. The standard InChI is InChI=1S/C20H15N3O2S3/c1-12(24)18-17(13-5-3-2-4-6-13)23-20(28-18)22-16(25)9-15-11-27-19(21-15)14-7-8-26-10-14/h2-8,10-11H,9H2,1H3,(H,22,23,25). The number of carbonyl (C=O) groups is 2. The largest absolute Gasteiger partial charge is 0.302 e. The molecule has 4 rings (SSSR count). The van der Waals surface area contributed by atoms with E-state index >= 15 is 0 Å². The first-order valence-corrected chi connectivity index (χ1v) is 11.1. The van der Waals surface area contributed by atoms with Crippen LogP contribution in [0, 0.1) is 0 Å². The zero-order valence-corrected chi connectivity index (χ0v) is 17.3. The van der Waals surface area contributed by atoms with E-state index in [1.54, 1.807) is 11.3 Å². The van der Waals surface area contributed by atoms with E-state index in [-0.39, 0.29) is 18.1 Å². The van der Waals surface area contributed by atoms with Crippen molar-refractivity contribution < 1.29 is 9.59 Å². The Kier molecular flexibility index (Phi) is 5.43. The highest BCUT2D eigenvalue weighted by molar-refractivity contribution is 7.18. The van der Waals surface area contributed by atoms with Gasteiger partial charge in [-0.15, -0.1) is 11.3 Å². The molecule has 1 N–H and O–H groups in total. The van der Waals surface area contributed by atoms with E-state index in [0.29, 0.717) is 15.7 Å². The van der Waals surface area contributed by atoms with Gasteiger partial charge in [-0.05, 0) is 11.4 Å². The van der Waals surface area contributed by atoms with Crippen LogP contribution in [-0.4, -0.2) is 21.7 Å². The van der Waals surface area contributed by atoms with Crippen molar-refractivity contribution in [2.45, 2.75) is 13.3 Å². The zero-order chi connectivity index (χ0) is 19.5. The van der Waals surface area contributed by atoms with E-state index in [1.807, 2.05) is 52.5 Å². The van der Waals surface area contributed by atoms with Gasteiger partial charge in [-0.25, -0.2) is 9.97 Å². The summed E-state index contributed by atoms with van der Waals surface area (Å²) < 4.78 is 0. The average molecular weight is 426 g/mol. The van der Waals surface area contributed by atoms with Crippen molar-refractivity contribution in [1.29, 1.82) is 0 Å². The number of carbonyl (C=O) groups excluding carboxylic acids is 2. The Bertz CT molecular complexity index is 1120. The van der Waals surface area contributed by atoms with Crippen LogP contribution < -0.4 is 5.32 Å². The quantitative estimate of drug-likeness (QED) is 0.421. The summed E-state index contributed by atoms with van der Waals surface area (Å²) in [5.41, 5.74) is 3.24. The van der Waals surface area contributed by atoms with Gasteiger partial charge >= 0.3 is 0 Å². The van der Waals surface area contributed by atoms with Gasteiger partial charge in [0.2, 0.25) is 5.91 Å². The summed E-state index contributed by atoms with van der Waals surface area (Å²) in [5.74, 6) is -0.276. The number of nitrogens with one attached hydrogen (secondary N) is 1. The second kappa shape index (κ2) is 8.14. The maximum atomic E-state index is 12.4. The van der Waals surface area contributed by atoms with Crippen molar-refractivity contribution in [1.82, 2.24) is 9.97 Å². The molecule has 0 aliphatic heterocycles. The number of nitrogens with zero attached hydrogens (tertiary/aromatic N) is 2. The van der Waals surface area contributed by atoms with Crippen molar-refractivity contribution in [3.8, 4) is 21.8 Å². The predicted molar refractivity (Wildman–Crippen MR) is 115 cm³/mol. The third kappa shape index (κ3) is 4.09. The Morgan fingerprint density at radius 2 is 1.86 bits per heavy atom. The summed E-state index contributed by atoms with van der Waals surface area (Å²) in [6.07, 6.45) is 0.163. The number of rotatable bonds is 6. The van der Waals surface area contributed by atoms with Crippen molar-refractivity contribution in [2.75, 3.05) is 5.32 Å². The molecule has 28 heavy (non-hydrogen) atoms. The molecule has 0 radical (unpaired) electrons. The lowest BCUT2D eigenvalue weighted by molar-refractivity contribution is -0.115. The lowest BCUT2D eigenvalue weighted by atomic mass is 10.1. The third-order valence-corrected chi connectivity index (χ3v) is 6.60. The molecular formula is C20H15N3O2S3. The molecule has 0 atom stereocenters. The Labute approximate surface area is 173 Å². The number of benzene rings is 1. The molecule has 3 aromatic heterocycles. The Hall–Kier alpha value is -2.68. The van der Waals surface area contributed by atoms with E-state index < -0.39 is 0 Å². The average Bonchev–Trinajstić information content (AvgIpc) is 3.42. The van der Waals surface area contributed by atoms with Crippen molar-refractivity contribution >= 4 is 50.8 Å². The van der Waals surface area contributed by atoms with Crippen LogP contribution in [-0.2, 0) is 11.2 Å².